The van der Waals surface area contributed by atoms with Crippen molar-refractivity contribution in [2.24, 2.45) is 0 Å². The van der Waals surface area contributed by atoms with E-state index in [0.717, 1.165) is 61.7 Å². The van der Waals surface area contributed by atoms with Gasteiger partial charge in [-0.1, -0.05) is 177 Å². The Morgan fingerprint density at radius 2 is 0.787 bits per heavy atom. The minimum atomic E-state index is 0.936. The van der Waals surface area contributed by atoms with Crippen LogP contribution >= 0.6 is 0 Å². The molecule has 80 heavy (non-hydrogen) atoms. The summed E-state index contributed by atoms with van der Waals surface area (Å²) in [7, 11) is 0. The third-order valence-electron chi connectivity index (χ3n) is 15.3. The highest BCUT2D eigenvalue weighted by molar-refractivity contribution is 6.13. The van der Waals surface area contributed by atoms with E-state index in [1.165, 1.54) is 84.8 Å². The van der Waals surface area contributed by atoms with Crippen LogP contribution < -0.4 is 5.32 Å². The standard InChI is InChI=1S/C67H48N4.C9H16/c1-3-4-7-19-45(2)57-40-46(32-36-61(57)68-50-20-8-5-9-21-50)47-34-38-66-59(41-47)55-27-13-16-30-63(55)70(66)52-24-18-25-53(44-52)71-64-31-17-14-28-56(64)60-43-49(35-39-67(60)71)48-33-37-65-58(42-48)54-26-12-15-29-62(54)69(65)51-22-10-6-11-23-51;1-3-5-7-9-8-6-4-2/h3-44,68H,2H2,1H3;3-6H,7-9H2,1-2H3/b4-3-,19-7-;5-3-,6-4-. The highest BCUT2D eigenvalue weighted by atomic mass is 15.0. The first-order chi connectivity index (χ1) is 39.5. The summed E-state index contributed by atoms with van der Waals surface area (Å²) in [6, 6.07) is 83.7. The highest BCUT2D eigenvalue weighted by Crippen LogP contribution is 2.41. The minimum Gasteiger partial charge on any atom is -0.355 e. The number of anilines is 2. The van der Waals surface area contributed by atoms with Gasteiger partial charge in [0.1, 0.15) is 0 Å². The van der Waals surface area contributed by atoms with Gasteiger partial charge >= 0.3 is 0 Å². The van der Waals surface area contributed by atoms with E-state index in [0.29, 0.717) is 0 Å². The smallest absolute Gasteiger partial charge is 0.0541 e. The fourth-order valence-corrected chi connectivity index (χ4v) is 11.5. The molecule has 0 aliphatic rings. The molecule has 13 aromatic rings. The molecule has 0 unspecified atom stereocenters. The molecule has 0 amide bonds. The average molecular weight is 1030 g/mol. The Balaban J connectivity index is 0.000000653. The maximum absolute atomic E-state index is 4.50. The Morgan fingerprint density at radius 1 is 0.375 bits per heavy atom. The molecule has 1 N–H and O–H groups in total. The van der Waals surface area contributed by atoms with E-state index in [4.69, 9.17) is 0 Å². The fourth-order valence-electron chi connectivity index (χ4n) is 11.5. The first kappa shape index (κ1) is 50.9. The van der Waals surface area contributed by atoms with Crippen LogP contribution in [0.5, 0.6) is 0 Å². The van der Waals surface area contributed by atoms with E-state index in [2.05, 4.69) is 282 Å². The van der Waals surface area contributed by atoms with Gasteiger partial charge in [-0.05, 0) is 177 Å². The van der Waals surface area contributed by atoms with Crippen molar-refractivity contribution in [2.45, 2.75) is 40.0 Å². The Hall–Kier alpha value is -9.90. The molecule has 3 aromatic heterocycles. The van der Waals surface area contributed by atoms with Crippen LogP contribution in [0.1, 0.15) is 45.6 Å². The number of hydrogen-bond acceptors (Lipinski definition) is 1. The van der Waals surface area contributed by atoms with E-state index in [-0.39, 0.29) is 0 Å². The van der Waals surface area contributed by atoms with E-state index in [1.54, 1.807) is 0 Å². The second kappa shape index (κ2) is 23.0. The zero-order chi connectivity index (χ0) is 54.4. The molecule has 388 valence electrons. The number of nitrogens with one attached hydrogen (secondary N) is 1. The van der Waals surface area contributed by atoms with Gasteiger partial charge in [-0.25, -0.2) is 0 Å². The van der Waals surface area contributed by atoms with Crippen molar-refractivity contribution in [3.63, 3.8) is 0 Å². The number of allylic oxidation sites excluding steroid dienone is 9. The van der Waals surface area contributed by atoms with Crippen molar-refractivity contribution >= 4 is 82.4 Å². The van der Waals surface area contributed by atoms with Gasteiger partial charge in [-0.15, -0.1) is 0 Å². The third-order valence-corrected chi connectivity index (χ3v) is 15.3. The lowest BCUT2D eigenvalue weighted by Crippen LogP contribution is -1.98. The second-order valence-electron chi connectivity index (χ2n) is 20.3. The van der Waals surface area contributed by atoms with Crippen LogP contribution in [0.4, 0.5) is 11.4 Å². The minimum absolute atomic E-state index is 0.936. The van der Waals surface area contributed by atoms with Crippen molar-refractivity contribution < 1.29 is 0 Å². The molecule has 0 saturated carbocycles. The van der Waals surface area contributed by atoms with E-state index in [1.807, 2.05) is 43.4 Å². The summed E-state index contributed by atoms with van der Waals surface area (Å²) >= 11 is 0. The number of fused-ring (bicyclic) bond motifs is 9. The van der Waals surface area contributed by atoms with Crippen molar-refractivity contribution in [3.8, 4) is 39.3 Å². The van der Waals surface area contributed by atoms with Gasteiger partial charge in [-0.2, -0.15) is 0 Å². The molecule has 3 heterocycles. The van der Waals surface area contributed by atoms with Gasteiger partial charge in [0, 0.05) is 66.3 Å². The van der Waals surface area contributed by atoms with Gasteiger partial charge in [0.15, 0.2) is 0 Å². The summed E-state index contributed by atoms with van der Waals surface area (Å²) in [5.74, 6) is 0. The highest BCUT2D eigenvalue weighted by Gasteiger charge is 2.19. The number of aromatic nitrogens is 3. The molecule has 0 fully saturated rings. The van der Waals surface area contributed by atoms with Crippen LogP contribution in [0.2, 0.25) is 0 Å². The first-order valence-electron chi connectivity index (χ1n) is 27.9. The maximum atomic E-state index is 4.50. The number of para-hydroxylation sites is 5. The second-order valence-corrected chi connectivity index (χ2v) is 20.3. The van der Waals surface area contributed by atoms with Crippen molar-refractivity contribution in [3.05, 3.63) is 291 Å². The Bertz CT molecular complexity index is 4500. The van der Waals surface area contributed by atoms with Crippen molar-refractivity contribution in [1.29, 1.82) is 0 Å². The molecule has 4 heteroatoms. The zero-order valence-electron chi connectivity index (χ0n) is 45.7. The summed E-state index contributed by atoms with van der Waals surface area (Å²) in [4.78, 5) is 0. The Kier molecular flexibility index (Phi) is 14.6. The average Bonchev–Trinajstić information content (AvgIpc) is 4.33. The van der Waals surface area contributed by atoms with Crippen LogP contribution in [-0.2, 0) is 0 Å². The largest absolute Gasteiger partial charge is 0.355 e. The summed E-state index contributed by atoms with van der Waals surface area (Å²) in [6.07, 6.45) is 20.6. The first-order valence-corrected chi connectivity index (χ1v) is 27.9. The fraction of sp³-hybridized carbons (Fsp3) is 0.0789. The topological polar surface area (TPSA) is 26.8 Å². The summed E-state index contributed by atoms with van der Waals surface area (Å²) < 4.78 is 7.22. The predicted octanol–water partition coefficient (Wildman–Crippen LogP) is 21.5. The molecular weight excluding hydrogens is 969 g/mol. The molecule has 0 radical (unpaired) electrons. The molecule has 10 aromatic carbocycles. The predicted molar refractivity (Wildman–Crippen MR) is 347 cm³/mol. The molecule has 4 nitrogen and oxygen atoms in total. The van der Waals surface area contributed by atoms with Gasteiger partial charge < -0.3 is 19.0 Å². The molecule has 0 spiro atoms. The number of unbranched alkanes of at least 4 members (excludes halogenated alkanes) is 2. The lowest BCUT2D eigenvalue weighted by molar-refractivity contribution is 0.866. The summed E-state index contributed by atoms with van der Waals surface area (Å²) in [5, 5.41) is 11.0. The quantitative estimate of drug-likeness (QED) is 0.0656. The van der Waals surface area contributed by atoms with Crippen LogP contribution in [0.15, 0.2) is 286 Å². The number of hydrogen-bond donors (Lipinski definition) is 1. The van der Waals surface area contributed by atoms with Crippen LogP contribution in [0.25, 0.3) is 110 Å². The molecule has 0 aliphatic carbocycles. The lowest BCUT2D eigenvalue weighted by Gasteiger charge is -2.15. The van der Waals surface area contributed by atoms with Crippen LogP contribution in [-0.4, -0.2) is 13.7 Å². The van der Waals surface area contributed by atoms with E-state index in [9.17, 15) is 0 Å². The third kappa shape index (κ3) is 9.89. The number of benzene rings is 10. The molecular formula is C76H64N4. The van der Waals surface area contributed by atoms with Crippen LogP contribution in [0, 0.1) is 0 Å². The molecule has 0 saturated heterocycles. The van der Waals surface area contributed by atoms with Crippen molar-refractivity contribution in [2.75, 3.05) is 5.32 Å². The molecule has 0 atom stereocenters. The monoisotopic (exact) mass is 1030 g/mol. The van der Waals surface area contributed by atoms with Gasteiger partial charge in [0.2, 0.25) is 0 Å². The molecule has 13 rings (SSSR count). The normalized spacial score (nSPS) is 11.9. The Labute approximate surface area is 469 Å². The summed E-state index contributed by atoms with van der Waals surface area (Å²) in [5.41, 5.74) is 19.2. The van der Waals surface area contributed by atoms with E-state index >= 15 is 0 Å². The Morgan fingerprint density at radius 3 is 1.27 bits per heavy atom. The summed E-state index contributed by atoms with van der Waals surface area (Å²) in [6.45, 7) is 10.7. The van der Waals surface area contributed by atoms with Gasteiger partial charge in [-0.3, -0.25) is 0 Å². The zero-order valence-corrected chi connectivity index (χ0v) is 45.7. The lowest BCUT2D eigenvalue weighted by atomic mass is 9.96. The number of rotatable bonds is 14. The molecule has 0 aliphatic heterocycles. The number of nitrogens with zero attached hydrogens (tertiary/aromatic N) is 3. The molecule has 0 bridgehead atoms. The van der Waals surface area contributed by atoms with E-state index < -0.39 is 0 Å². The van der Waals surface area contributed by atoms with Gasteiger partial charge in [0.05, 0.1) is 33.1 Å². The van der Waals surface area contributed by atoms with Crippen molar-refractivity contribution in [1.82, 2.24) is 13.7 Å². The SMILES string of the molecule is C/C=C\CCC/C=C\C.C=C(/C=C\C=C/C)c1cc(-c2ccc3c(c2)c2ccccc2n3-c2cccc(-n3c4ccccc4c4cc(-c5ccc6c(c5)c5ccccc5n6-c5ccccc5)ccc43)c2)ccc1Nc1ccccc1. The van der Waals surface area contributed by atoms with Gasteiger partial charge in [0.25, 0.3) is 0 Å². The van der Waals surface area contributed by atoms with Crippen LogP contribution in [0.3, 0.4) is 0 Å². The maximum Gasteiger partial charge on any atom is 0.0541 e.